The van der Waals surface area contributed by atoms with Gasteiger partial charge in [-0.15, -0.1) is 0 Å². The van der Waals surface area contributed by atoms with Gasteiger partial charge in [-0.1, -0.05) is 51.8 Å². The molecule has 2 aromatic carbocycles. The second-order valence-corrected chi connectivity index (χ2v) is 6.19. The van der Waals surface area contributed by atoms with Gasteiger partial charge in [-0.2, -0.15) is 0 Å². The molecule has 0 aromatic heterocycles. The summed E-state index contributed by atoms with van der Waals surface area (Å²) in [7, 11) is 0. The molecule has 1 unspecified atom stereocenters. The Balaban J connectivity index is 2.23. The second kappa shape index (κ2) is 6.08. The molecule has 2 rings (SSSR count). The van der Waals surface area contributed by atoms with Gasteiger partial charge < -0.3 is 5.73 Å². The van der Waals surface area contributed by atoms with E-state index in [-0.39, 0.29) is 6.04 Å². The molecule has 0 heterocycles. The Bertz CT molecular complexity index is 595. The number of nitrogens with two attached hydrogens (primary N) is 1. The van der Waals surface area contributed by atoms with Crippen LogP contribution in [0.3, 0.4) is 0 Å². The van der Waals surface area contributed by atoms with Crippen molar-refractivity contribution in [3.8, 4) is 0 Å². The fourth-order valence-electron chi connectivity index (χ4n) is 2.10. The highest BCUT2D eigenvalue weighted by Crippen LogP contribution is 2.28. The van der Waals surface area contributed by atoms with Crippen molar-refractivity contribution in [2.45, 2.75) is 26.3 Å². The standard InChI is InChI=1S/C16H17BrClN/c1-10-4-6-13(14(17)7-10)16(19)9-12-5-3-11(2)8-15(12)18/h3-8,16H,9,19H2,1-2H3. The zero-order valence-electron chi connectivity index (χ0n) is 11.1. The molecule has 0 fully saturated rings. The Morgan fingerprint density at radius 1 is 1.11 bits per heavy atom. The molecule has 0 aliphatic carbocycles. The van der Waals surface area contributed by atoms with Crippen molar-refractivity contribution in [1.29, 1.82) is 0 Å². The third kappa shape index (κ3) is 3.59. The summed E-state index contributed by atoms with van der Waals surface area (Å²) < 4.78 is 1.06. The van der Waals surface area contributed by atoms with Crippen LogP contribution in [0.25, 0.3) is 0 Å². The van der Waals surface area contributed by atoms with Gasteiger partial charge >= 0.3 is 0 Å². The van der Waals surface area contributed by atoms with Crippen molar-refractivity contribution in [2.75, 3.05) is 0 Å². The Kier molecular flexibility index (Phi) is 4.67. The number of hydrogen-bond donors (Lipinski definition) is 1. The molecule has 1 nitrogen and oxygen atoms in total. The van der Waals surface area contributed by atoms with Crippen LogP contribution < -0.4 is 5.73 Å². The van der Waals surface area contributed by atoms with E-state index in [4.69, 9.17) is 17.3 Å². The average molecular weight is 339 g/mol. The maximum absolute atomic E-state index is 6.30. The van der Waals surface area contributed by atoms with E-state index in [0.717, 1.165) is 27.0 Å². The van der Waals surface area contributed by atoms with Crippen molar-refractivity contribution in [3.05, 3.63) is 68.1 Å². The van der Waals surface area contributed by atoms with Gasteiger partial charge in [-0.25, -0.2) is 0 Å². The first-order chi connectivity index (χ1) is 8.97. The number of benzene rings is 2. The predicted octanol–water partition coefficient (Wildman–Crippen LogP) is 4.96. The molecule has 100 valence electrons. The smallest absolute Gasteiger partial charge is 0.0441 e. The number of aryl methyl sites for hydroxylation is 2. The van der Waals surface area contributed by atoms with Gasteiger partial charge in [0.05, 0.1) is 0 Å². The number of halogens is 2. The van der Waals surface area contributed by atoms with Crippen molar-refractivity contribution in [1.82, 2.24) is 0 Å². The predicted molar refractivity (Wildman–Crippen MR) is 85.7 cm³/mol. The molecule has 0 radical (unpaired) electrons. The van der Waals surface area contributed by atoms with E-state index in [1.165, 1.54) is 11.1 Å². The molecule has 0 saturated carbocycles. The third-order valence-corrected chi connectivity index (χ3v) is 4.24. The van der Waals surface area contributed by atoms with E-state index in [1.807, 2.05) is 13.0 Å². The normalized spacial score (nSPS) is 12.5. The van der Waals surface area contributed by atoms with Crippen molar-refractivity contribution >= 4 is 27.5 Å². The lowest BCUT2D eigenvalue weighted by atomic mass is 9.98. The zero-order valence-corrected chi connectivity index (χ0v) is 13.4. The lowest BCUT2D eigenvalue weighted by Crippen LogP contribution is -2.14. The maximum atomic E-state index is 6.30. The van der Waals surface area contributed by atoms with Crippen LogP contribution in [0, 0.1) is 13.8 Å². The average Bonchev–Trinajstić information content (AvgIpc) is 2.32. The van der Waals surface area contributed by atoms with Crippen LogP contribution >= 0.6 is 27.5 Å². The highest BCUT2D eigenvalue weighted by molar-refractivity contribution is 9.10. The summed E-state index contributed by atoms with van der Waals surface area (Å²) in [5, 5.41) is 0.790. The van der Waals surface area contributed by atoms with Gasteiger partial charge in [0.15, 0.2) is 0 Å². The fourth-order valence-corrected chi connectivity index (χ4v) is 3.20. The van der Waals surface area contributed by atoms with E-state index in [2.05, 4.69) is 53.2 Å². The van der Waals surface area contributed by atoms with Gasteiger partial charge in [-0.3, -0.25) is 0 Å². The number of rotatable bonds is 3. The van der Waals surface area contributed by atoms with Crippen molar-refractivity contribution in [2.24, 2.45) is 5.73 Å². The first kappa shape index (κ1) is 14.6. The van der Waals surface area contributed by atoms with Crippen LogP contribution in [0.2, 0.25) is 5.02 Å². The molecule has 0 amide bonds. The van der Waals surface area contributed by atoms with Crippen LogP contribution in [0.4, 0.5) is 0 Å². The Morgan fingerprint density at radius 3 is 2.37 bits per heavy atom. The first-order valence-electron chi connectivity index (χ1n) is 6.24. The quantitative estimate of drug-likeness (QED) is 0.841. The van der Waals surface area contributed by atoms with E-state index in [9.17, 15) is 0 Å². The summed E-state index contributed by atoms with van der Waals surface area (Å²) in [5.41, 5.74) is 10.9. The second-order valence-electron chi connectivity index (χ2n) is 4.93. The van der Waals surface area contributed by atoms with Crippen molar-refractivity contribution in [3.63, 3.8) is 0 Å². The molecule has 0 bridgehead atoms. The molecule has 0 saturated heterocycles. The summed E-state index contributed by atoms with van der Waals surface area (Å²) >= 11 is 9.84. The molecule has 0 aliphatic rings. The Labute approximate surface area is 127 Å². The van der Waals surface area contributed by atoms with Gasteiger partial charge in [0.2, 0.25) is 0 Å². The molecular formula is C16H17BrClN. The van der Waals surface area contributed by atoms with E-state index in [0.29, 0.717) is 0 Å². The van der Waals surface area contributed by atoms with E-state index < -0.39 is 0 Å². The van der Waals surface area contributed by atoms with Crippen LogP contribution in [0.1, 0.15) is 28.3 Å². The van der Waals surface area contributed by atoms with Gasteiger partial charge in [0, 0.05) is 15.5 Å². The van der Waals surface area contributed by atoms with E-state index in [1.54, 1.807) is 0 Å². The Hall–Kier alpha value is -0.830. The molecule has 1 atom stereocenters. The zero-order chi connectivity index (χ0) is 14.0. The largest absolute Gasteiger partial charge is 0.324 e. The van der Waals surface area contributed by atoms with Crippen molar-refractivity contribution < 1.29 is 0 Å². The minimum absolute atomic E-state index is 0.0600. The number of hydrogen-bond acceptors (Lipinski definition) is 1. The summed E-state index contributed by atoms with van der Waals surface area (Å²) in [6.45, 7) is 4.10. The summed E-state index contributed by atoms with van der Waals surface area (Å²) in [6, 6.07) is 12.3. The molecule has 19 heavy (non-hydrogen) atoms. The highest BCUT2D eigenvalue weighted by Gasteiger charge is 2.12. The fraction of sp³-hybridized carbons (Fsp3) is 0.250. The van der Waals surface area contributed by atoms with Gasteiger partial charge in [-0.05, 0) is 54.7 Å². The topological polar surface area (TPSA) is 26.0 Å². The van der Waals surface area contributed by atoms with Crippen LogP contribution in [0.15, 0.2) is 40.9 Å². The van der Waals surface area contributed by atoms with E-state index >= 15 is 0 Å². The molecule has 0 aliphatic heterocycles. The van der Waals surface area contributed by atoms with Gasteiger partial charge in [0.25, 0.3) is 0 Å². The molecule has 2 N–H and O–H groups in total. The highest BCUT2D eigenvalue weighted by atomic mass is 79.9. The monoisotopic (exact) mass is 337 g/mol. The lowest BCUT2D eigenvalue weighted by molar-refractivity contribution is 0.718. The van der Waals surface area contributed by atoms with Crippen LogP contribution in [-0.4, -0.2) is 0 Å². The summed E-state index contributed by atoms with van der Waals surface area (Å²) in [6.07, 6.45) is 0.737. The third-order valence-electron chi connectivity index (χ3n) is 3.20. The first-order valence-corrected chi connectivity index (χ1v) is 7.41. The SMILES string of the molecule is Cc1ccc(CC(N)c2ccc(C)cc2Br)c(Cl)c1. The van der Waals surface area contributed by atoms with Crippen LogP contribution in [0.5, 0.6) is 0 Å². The molecule has 0 spiro atoms. The Morgan fingerprint density at radius 2 is 1.74 bits per heavy atom. The summed E-state index contributed by atoms with van der Waals surface area (Å²) in [4.78, 5) is 0. The van der Waals surface area contributed by atoms with Crippen LogP contribution in [-0.2, 0) is 6.42 Å². The maximum Gasteiger partial charge on any atom is 0.0441 e. The van der Waals surface area contributed by atoms with Gasteiger partial charge in [0.1, 0.15) is 0 Å². The molecule has 3 heteroatoms. The lowest BCUT2D eigenvalue weighted by Gasteiger charge is -2.15. The minimum atomic E-state index is -0.0600. The molecule has 2 aromatic rings. The summed E-state index contributed by atoms with van der Waals surface area (Å²) in [5.74, 6) is 0. The molecular weight excluding hydrogens is 322 g/mol. The minimum Gasteiger partial charge on any atom is -0.324 e.